The fourth-order valence-corrected chi connectivity index (χ4v) is 2.64. The minimum absolute atomic E-state index is 0.00603. The smallest absolute Gasteiger partial charge is 0.244 e. The van der Waals surface area contributed by atoms with Crippen molar-refractivity contribution in [2.45, 2.75) is 26.3 Å². The normalized spacial score (nSPS) is 12.5. The van der Waals surface area contributed by atoms with Gasteiger partial charge >= 0.3 is 0 Å². The Morgan fingerprint density at radius 3 is 2.64 bits per heavy atom. The van der Waals surface area contributed by atoms with E-state index in [9.17, 15) is 4.39 Å². The summed E-state index contributed by atoms with van der Waals surface area (Å²) in [6, 6.07) is 15.2. The lowest BCUT2D eigenvalue weighted by Crippen LogP contribution is -2.25. The number of rotatable bonds is 6. The molecular formula is C20H22FN3O. The Morgan fingerprint density at radius 2 is 1.92 bits per heavy atom. The maximum Gasteiger partial charge on any atom is 0.244 e. The predicted molar refractivity (Wildman–Crippen MR) is 95.6 cm³/mol. The number of nitrogens with zero attached hydrogens (tertiary/aromatic N) is 3. The number of aryl methyl sites for hydroxylation is 1. The topological polar surface area (TPSA) is 42.2 Å². The third kappa shape index (κ3) is 4.12. The fourth-order valence-electron chi connectivity index (χ4n) is 2.64. The maximum absolute atomic E-state index is 13.4. The number of aromatic nitrogens is 2. The summed E-state index contributed by atoms with van der Waals surface area (Å²) >= 11 is 0. The molecule has 5 heteroatoms. The summed E-state index contributed by atoms with van der Waals surface area (Å²) in [6.45, 7) is 4.65. The average Bonchev–Trinajstić information content (AvgIpc) is 3.12. The first-order chi connectivity index (χ1) is 12.0. The van der Waals surface area contributed by atoms with Gasteiger partial charge in [-0.15, -0.1) is 0 Å². The third-order valence-electron chi connectivity index (χ3n) is 4.47. The average molecular weight is 339 g/mol. The van der Waals surface area contributed by atoms with Crippen molar-refractivity contribution >= 4 is 0 Å². The maximum atomic E-state index is 13.4. The summed E-state index contributed by atoms with van der Waals surface area (Å²) in [5, 5.41) is 4.04. The predicted octanol–water partition coefficient (Wildman–Crippen LogP) is 4.42. The van der Waals surface area contributed by atoms with E-state index < -0.39 is 0 Å². The quantitative estimate of drug-likeness (QED) is 0.667. The second-order valence-electron chi connectivity index (χ2n) is 6.31. The Kier molecular flexibility index (Phi) is 5.24. The fraction of sp³-hybridized carbons (Fsp3) is 0.300. The van der Waals surface area contributed by atoms with Gasteiger partial charge in [-0.05, 0) is 56.6 Å². The molecule has 1 heterocycles. The van der Waals surface area contributed by atoms with Crippen LogP contribution in [0.25, 0.3) is 11.4 Å². The van der Waals surface area contributed by atoms with Crippen LogP contribution in [0.5, 0.6) is 0 Å². The van der Waals surface area contributed by atoms with Crippen LogP contribution in [0, 0.1) is 12.7 Å². The Bertz CT molecular complexity index is 832. The molecule has 1 aromatic heterocycles. The molecule has 0 spiro atoms. The Balaban J connectivity index is 1.67. The number of benzene rings is 2. The molecule has 130 valence electrons. The van der Waals surface area contributed by atoms with Crippen LogP contribution in [0.4, 0.5) is 4.39 Å². The summed E-state index contributed by atoms with van der Waals surface area (Å²) in [5.41, 5.74) is 2.62. The lowest BCUT2D eigenvalue weighted by atomic mass is 10.1. The van der Waals surface area contributed by atoms with E-state index in [0.29, 0.717) is 17.3 Å². The molecule has 4 nitrogen and oxygen atoms in total. The summed E-state index contributed by atoms with van der Waals surface area (Å²) in [4.78, 5) is 6.67. The molecule has 0 amide bonds. The zero-order valence-corrected chi connectivity index (χ0v) is 14.7. The van der Waals surface area contributed by atoms with Crippen molar-refractivity contribution in [2.24, 2.45) is 0 Å². The zero-order valence-electron chi connectivity index (χ0n) is 14.7. The van der Waals surface area contributed by atoms with Gasteiger partial charge < -0.3 is 4.52 Å². The summed E-state index contributed by atoms with van der Waals surface area (Å²) < 4.78 is 18.8. The van der Waals surface area contributed by atoms with Gasteiger partial charge in [0.05, 0.1) is 6.04 Å². The lowest BCUT2D eigenvalue weighted by molar-refractivity contribution is 0.211. The molecule has 3 rings (SSSR count). The SMILES string of the molecule is Cc1cc(-c2noc(C(C)N(C)CCc3ccccc3)n2)ccc1F. The molecule has 0 aliphatic rings. The van der Waals surface area contributed by atoms with E-state index in [1.807, 2.05) is 32.2 Å². The zero-order chi connectivity index (χ0) is 17.8. The van der Waals surface area contributed by atoms with Gasteiger partial charge in [0.1, 0.15) is 5.82 Å². The standard InChI is InChI=1S/C20H22FN3O/c1-14-13-17(9-10-18(14)21)19-22-20(25-23-19)15(2)24(3)12-11-16-7-5-4-6-8-16/h4-10,13,15H,11-12H2,1-3H3. The van der Waals surface area contributed by atoms with Gasteiger partial charge in [-0.2, -0.15) is 4.98 Å². The molecule has 0 N–H and O–H groups in total. The van der Waals surface area contributed by atoms with Crippen molar-refractivity contribution in [3.8, 4) is 11.4 Å². The third-order valence-corrected chi connectivity index (χ3v) is 4.47. The van der Waals surface area contributed by atoms with E-state index in [0.717, 1.165) is 18.5 Å². The Hall–Kier alpha value is -2.53. The van der Waals surface area contributed by atoms with E-state index in [1.54, 1.807) is 19.1 Å². The van der Waals surface area contributed by atoms with Crippen LogP contribution in [0.1, 0.15) is 30.0 Å². The molecule has 0 fully saturated rings. The van der Waals surface area contributed by atoms with Gasteiger partial charge in [-0.3, -0.25) is 4.90 Å². The highest BCUT2D eigenvalue weighted by molar-refractivity contribution is 5.55. The second kappa shape index (κ2) is 7.57. The van der Waals surface area contributed by atoms with Crippen LogP contribution in [0.3, 0.4) is 0 Å². The van der Waals surface area contributed by atoms with Gasteiger partial charge in [0.15, 0.2) is 0 Å². The second-order valence-corrected chi connectivity index (χ2v) is 6.31. The molecule has 0 aliphatic carbocycles. The molecule has 0 aliphatic heterocycles. The molecule has 0 bridgehead atoms. The van der Waals surface area contributed by atoms with Gasteiger partial charge in [0.25, 0.3) is 0 Å². The first-order valence-electron chi connectivity index (χ1n) is 8.39. The molecule has 1 atom stereocenters. The highest BCUT2D eigenvalue weighted by Crippen LogP contribution is 2.23. The van der Waals surface area contributed by atoms with Crippen molar-refractivity contribution in [2.75, 3.05) is 13.6 Å². The highest BCUT2D eigenvalue weighted by atomic mass is 19.1. The van der Waals surface area contributed by atoms with Crippen molar-refractivity contribution in [3.63, 3.8) is 0 Å². The van der Waals surface area contributed by atoms with Gasteiger partial charge in [-0.25, -0.2) is 4.39 Å². The first-order valence-corrected chi connectivity index (χ1v) is 8.39. The number of likely N-dealkylation sites (N-methyl/N-ethyl adjacent to an activating group) is 1. The lowest BCUT2D eigenvalue weighted by Gasteiger charge is -2.21. The summed E-state index contributed by atoms with van der Waals surface area (Å²) in [5.74, 6) is 0.815. The van der Waals surface area contributed by atoms with E-state index in [4.69, 9.17) is 4.52 Å². The van der Waals surface area contributed by atoms with E-state index in [-0.39, 0.29) is 11.9 Å². The molecule has 25 heavy (non-hydrogen) atoms. The van der Waals surface area contributed by atoms with E-state index in [1.165, 1.54) is 11.6 Å². The number of hydrogen-bond acceptors (Lipinski definition) is 4. The van der Waals surface area contributed by atoms with Crippen molar-refractivity contribution < 1.29 is 8.91 Å². The van der Waals surface area contributed by atoms with Crippen LogP contribution in [-0.4, -0.2) is 28.6 Å². The van der Waals surface area contributed by atoms with E-state index >= 15 is 0 Å². The van der Waals surface area contributed by atoms with E-state index in [2.05, 4.69) is 27.2 Å². The molecule has 0 saturated carbocycles. The molecule has 0 saturated heterocycles. The number of hydrogen-bond donors (Lipinski definition) is 0. The van der Waals surface area contributed by atoms with Crippen LogP contribution >= 0.6 is 0 Å². The van der Waals surface area contributed by atoms with Gasteiger partial charge in [0, 0.05) is 12.1 Å². The Morgan fingerprint density at radius 1 is 1.16 bits per heavy atom. The largest absolute Gasteiger partial charge is 0.337 e. The molecule has 1 unspecified atom stereocenters. The monoisotopic (exact) mass is 339 g/mol. The van der Waals surface area contributed by atoms with Gasteiger partial charge in [0.2, 0.25) is 11.7 Å². The minimum Gasteiger partial charge on any atom is -0.337 e. The van der Waals surface area contributed by atoms with Gasteiger partial charge in [-0.1, -0.05) is 35.5 Å². The number of halogens is 1. The van der Waals surface area contributed by atoms with Crippen molar-refractivity contribution in [1.82, 2.24) is 15.0 Å². The van der Waals surface area contributed by atoms with Crippen molar-refractivity contribution in [1.29, 1.82) is 0 Å². The molecular weight excluding hydrogens is 317 g/mol. The minimum atomic E-state index is -0.235. The molecule has 0 radical (unpaired) electrons. The molecule has 2 aromatic carbocycles. The highest BCUT2D eigenvalue weighted by Gasteiger charge is 2.19. The van der Waals surface area contributed by atoms with Crippen LogP contribution in [0.15, 0.2) is 53.1 Å². The Labute approximate surface area is 147 Å². The summed E-state index contributed by atoms with van der Waals surface area (Å²) in [6.07, 6.45) is 0.958. The van der Waals surface area contributed by atoms with Crippen LogP contribution in [0.2, 0.25) is 0 Å². The first kappa shape index (κ1) is 17.3. The summed E-state index contributed by atoms with van der Waals surface area (Å²) in [7, 11) is 2.04. The van der Waals surface area contributed by atoms with Crippen LogP contribution in [-0.2, 0) is 6.42 Å². The molecule has 3 aromatic rings. The van der Waals surface area contributed by atoms with Crippen LogP contribution < -0.4 is 0 Å². The van der Waals surface area contributed by atoms with Crippen molar-refractivity contribution in [3.05, 3.63) is 71.4 Å².